The van der Waals surface area contributed by atoms with Gasteiger partial charge in [-0.15, -0.1) is 11.3 Å². The molecule has 128 valence electrons. The minimum absolute atomic E-state index is 0.106. The first-order valence-electron chi connectivity index (χ1n) is 8.47. The number of nitrogens with one attached hydrogen (secondary N) is 1. The van der Waals surface area contributed by atoms with Gasteiger partial charge in [-0.25, -0.2) is 4.79 Å². The number of rotatable bonds is 6. The first kappa shape index (κ1) is 17.8. The Morgan fingerprint density at radius 3 is 2.91 bits per heavy atom. The highest BCUT2D eigenvalue weighted by atomic mass is 32.1. The van der Waals surface area contributed by atoms with E-state index in [2.05, 4.69) is 12.2 Å². The molecule has 0 aromatic carbocycles. The van der Waals surface area contributed by atoms with Gasteiger partial charge in [0.25, 0.3) is 0 Å². The average Bonchev–Trinajstić information content (AvgIpc) is 2.93. The zero-order valence-electron chi connectivity index (χ0n) is 13.8. The Balaban J connectivity index is 1.94. The van der Waals surface area contributed by atoms with Crippen LogP contribution in [-0.2, 0) is 4.79 Å². The fourth-order valence-electron chi connectivity index (χ4n) is 3.30. The lowest BCUT2D eigenvalue weighted by Crippen LogP contribution is -2.38. The average molecular weight is 337 g/mol. The smallest absolute Gasteiger partial charge is 0.312 e. The molecule has 6 heteroatoms. The zero-order chi connectivity index (χ0) is 16.7. The summed E-state index contributed by atoms with van der Waals surface area (Å²) < 4.78 is 0. The summed E-state index contributed by atoms with van der Waals surface area (Å²) in [6, 6.07) is 2.93. The predicted molar refractivity (Wildman–Crippen MR) is 93.2 cm³/mol. The van der Waals surface area contributed by atoms with E-state index in [1.54, 1.807) is 0 Å². The summed E-state index contributed by atoms with van der Waals surface area (Å²) in [6.45, 7) is 3.87. The minimum Gasteiger partial charge on any atom is -0.352 e. The van der Waals surface area contributed by atoms with Crippen molar-refractivity contribution in [2.75, 3.05) is 13.1 Å². The minimum atomic E-state index is -0.588. The molecule has 2 heterocycles. The van der Waals surface area contributed by atoms with Gasteiger partial charge in [-0.3, -0.25) is 4.79 Å². The number of carbonyl (C=O) groups is 2. The van der Waals surface area contributed by atoms with Crippen LogP contribution in [0.5, 0.6) is 0 Å². The highest BCUT2D eigenvalue weighted by molar-refractivity contribution is 7.10. The van der Waals surface area contributed by atoms with Gasteiger partial charge in [0.15, 0.2) is 0 Å². The normalized spacial score (nSPS) is 19.9. The van der Waals surface area contributed by atoms with E-state index in [4.69, 9.17) is 5.73 Å². The molecule has 0 unspecified atom stereocenters. The van der Waals surface area contributed by atoms with Crippen molar-refractivity contribution in [3.63, 3.8) is 0 Å². The van der Waals surface area contributed by atoms with Crippen molar-refractivity contribution in [2.45, 2.75) is 51.5 Å². The molecule has 3 amide bonds. The molecule has 1 aliphatic rings. The number of hydrogen-bond donors (Lipinski definition) is 2. The van der Waals surface area contributed by atoms with Crippen molar-refractivity contribution < 1.29 is 9.59 Å². The van der Waals surface area contributed by atoms with Crippen LogP contribution in [0.2, 0.25) is 0 Å². The van der Waals surface area contributed by atoms with Gasteiger partial charge in [0.2, 0.25) is 5.91 Å². The Bertz CT molecular complexity index is 504. The summed E-state index contributed by atoms with van der Waals surface area (Å²) in [6.07, 6.45) is 6.12. The summed E-state index contributed by atoms with van der Waals surface area (Å²) in [7, 11) is 0. The number of nitrogens with two attached hydrogens (primary N) is 1. The number of urea groups is 1. The van der Waals surface area contributed by atoms with Crippen LogP contribution in [0.4, 0.5) is 4.79 Å². The van der Waals surface area contributed by atoms with E-state index in [1.807, 2.05) is 22.4 Å². The molecule has 0 radical (unpaired) electrons. The molecule has 1 fully saturated rings. The number of carbonyl (C=O) groups excluding carboxylic acids is 2. The van der Waals surface area contributed by atoms with Crippen molar-refractivity contribution in [3.8, 4) is 0 Å². The maximum atomic E-state index is 12.6. The van der Waals surface area contributed by atoms with Gasteiger partial charge in [-0.2, -0.15) is 0 Å². The second-order valence-electron chi connectivity index (χ2n) is 6.25. The van der Waals surface area contributed by atoms with E-state index < -0.39 is 6.03 Å². The Kier molecular flexibility index (Phi) is 6.89. The van der Waals surface area contributed by atoms with Crippen molar-refractivity contribution in [1.29, 1.82) is 0 Å². The quantitative estimate of drug-likeness (QED) is 0.836. The van der Waals surface area contributed by atoms with E-state index in [9.17, 15) is 9.59 Å². The van der Waals surface area contributed by atoms with Crippen molar-refractivity contribution in [2.24, 2.45) is 11.7 Å². The van der Waals surface area contributed by atoms with Crippen LogP contribution in [0.3, 0.4) is 0 Å². The highest BCUT2D eigenvalue weighted by Crippen LogP contribution is 2.25. The third kappa shape index (κ3) is 5.53. The second-order valence-corrected chi connectivity index (χ2v) is 7.23. The molecule has 23 heavy (non-hydrogen) atoms. The van der Waals surface area contributed by atoms with Crippen LogP contribution < -0.4 is 11.1 Å². The van der Waals surface area contributed by atoms with Gasteiger partial charge in [0.1, 0.15) is 0 Å². The number of amides is 3. The van der Waals surface area contributed by atoms with E-state index in [0.717, 1.165) is 36.7 Å². The monoisotopic (exact) mass is 337 g/mol. The van der Waals surface area contributed by atoms with Crippen LogP contribution in [0, 0.1) is 5.92 Å². The molecule has 2 rings (SSSR count). The fourth-order valence-corrected chi connectivity index (χ4v) is 4.08. The summed E-state index contributed by atoms with van der Waals surface area (Å²) in [5.41, 5.74) is 5.26. The Hall–Kier alpha value is -1.56. The second kappa shape index (κ2) is 8.91. The molecular weight excluding hydrogens is 310 g/mol. The van der Waals surface area contributed by atoms with E-state index in [-0.39, 0.29) is 18.4 Å². The predicted octanol–water partition coefficient (Wildman–Crippen LogP) is 3.28. The fraction of sp³-hybridized carbons (Fsp3) is 0.647. The van der Waals surface area contributed by atoms with Crippen LogP contribution in [0.15, 0.2) is 17.5 Å². The first-order valence-corrected chi connectivity index (χ1v) is 9.35. The number of thiophene rings is 1. The lowest BCUT2D eigenvalue weighted by atomic mass is 9.96. The number of likely N-dealkylation sites (tertiary alicyclic amines) is 1. The third-order valence-corrected chi connectivity index (χ3v) is 5.47. The molecule has 1 aliphatic heterocycles. The van der Waals surface area contributed by atoms with Gasteiger partial charge in [0.05, 0.1) is 12.5 Å². The summed E-state index contributed by atoms with van der Waals surface area (Å²) >= 11 is 1.53. The summed E-state index contributed by atoms with van der Waals surface area (Å²) in [5.74, 6) is 0.851. The Labute approximate surface area is 142 Å². The van der Waals surface area contributed by atoms with Gasteiger partial charge in [0, 0.05) is 18.0 Å². The number of hydrogen-bond acceptors (Lipinski definition) is 3. The molecule has 1 aromatic rings. The van der Waals surface area contributed by atoms with Gasteiger partial charge >= 0.3 is 6.03 Å². The van der Waals surface area contributed by atoms with E-state index in [0.29, 0.717) is 0 Å². The third-order valence-electron chi connectivity index (χ3n) is 4.48. The van der Waals surface area contributed by atoms with E-state index >= 15 is 0 Å². The van der Waals surface area contributed by atoms with Gasteiger partial charge in [-0.05, 0) is 36.6 Å². The van der Waals surface area contributed by atoms with E-state index in [1.165, 1.54) is 30.6 Å². The standard InChI is InChI=1S/C17H27N3O2S/c1-2-5-13-6-3-9-20(10-8-13)16(21)12-14(19-17(18)22)15-7-4-11-23-15/h4,7,11,13-14H,2-3,5-6,8-10,12H2,1H3,(H3,18,19,22)/t13-,14-/m0/s1. The maximum absolute atomic E-state index is 12.6. The zero-order valence-corrected chi connectivity index (χ0v) is 14.6. The highest BCUT2D eigenvalue weighted by Gasteiger charge is 2.24. The lowest BCUT2D eigenvalue weighted by molar-refractivity contribution is -0.131. The molecule has 3 N–H and O–H groups in total. The SMILES string of the molecule is CCC[C@H]1CCCN(C(=O)C[C@H](NC(N)=O)c2cccs2)CC1. The van der Waals surface area contributed by atoms with Gasteiger partial charge < -0.3 is 16.0 Å². The van der Waals surface area contributed by atoms with Crippen LogP contribution in [0.1, 0.15) is 56.4 Å². The van der Waals surface area contributed by atoms with Crippen LogP contribution >= 0.6 is 11.3 Å². The molecule has 2 atom stereocenters. The summed E-state index contributed by atoms with van der Waals surface area (Å²) in [5, 5.41) is 4.64. The lowest BCUT2D eigenvalue weighted by Gasteiger charge is -2.24. The van der Waals surface area contributed by atoms with Crippen molar-refractivity contribution in [3.05, 3.63) is 22.4 Å². The van der Waals surface area contributed by atoms with Crippen molar-refractivity contribution in [1.82, 2.24) is 10.2 Å². The Morgan fingerprint density at radius 2 is 2.26 bits per heavy atom. The van der Waals surface area contributed by atoms with Crippen LogP contribution in [-0.4, -0.2) is 29.9 Å². The van der Waals surface area contributed by atoms with Gasteiger partial charge in [-0.1, -0.05) is 25.8 Å². The Morgan fingerprint density at radius 1 is 1.43 bits per heavy atom. The molecule has 1 saturated heterocycles. The molecule has 1 aromatic heterocycles. The largest absolute Gasteiger partial charge is 0.352 e. The summed E-state index contributed by atoms with van der Waals surface area (Å²) in [4.78, 5) is 26.8. The number of nitrogens with zero attached hydrogens (tertiary/aromatic N) is 1. The van der Waals surface area contributed by atoms with Crippen molar-refractivity contribution >= 4 is 23.3 Å². The molecule has 0 saturated carbocycles. The number of primary amides is 1. The molecule has 0 bridgehead atoms. The molecular formula is C17H27N3O2S. The topological polar surface area (TPSA) is 75.4 Å². The molecule has 5 nitrogen and oxygen atoms in total. The first-order chi connectivity index (χ1) is 11.1. The molecule has 0 spiro atoms. The maximum Gasteiger partial charge on any atom is 0.312 e. The van der Waals surface area contributed by atoms with Crippen LogP contribution in [0.25, 0.3) is 0 Å². The molecule has 0 aliphatic carbocycles.